The van der Waals surface area contributed by atoms with Crippen molar-refractivity contribution in [1.82, 2.24) is 28.7 Å². The number of nitrogens with zero attached hydrogens (tertiary/aromatic N) is 5. The lowest BCUT2D eigenvalue weighted by molar-refractivity contribution is -0.153. The quantitative estimate of drug-likeness (QED) is 0.0408. The molecule has 0 amide bonds. The van der Waals surface area contributed by atoms with Crippen molar-refractivity contribution in [3.63, 3.8) is 0 Å². The number of aromatic amines is 1. The van der Waals surface area contributed by atoms with Crippen molar-refractivity contribution >= 4 is 65.4 Å². The van der Waals surface area contributed by atoms with E-state index >= 15 is 0 Å². The van der Waals surface area contributed by atoms with Crippen LogP contribution in [0.2, 0.25) is 0 Å². The number of benzene rings is 4. The number of carbonyl (C=O) groups is 2. The molecule has 0 aliphatic carbocycles. The fourth-order valence-corrected chi connectivity index (χ4v) is 10.7. The van der Waals surface area contributed by atoms with Gasteiger partial charge in [-0.05, 0) is 106 Å². The molecule has 3 heterocycles. The number of anilines is 1. The molecular formula is C51H64BrN7O8S. The van der Waals surface area contributed by atoms with E-state index in [1.54, 1.807) is 21.0 Å². The summed E-state index contributed by atoms with van der Waals surface area (Å²) < 4.78 is 54.1. The maximum Gasteiger partial charge on any atom is 0.355 e. The largest absolute Gasteiger partial charge is 0.493 e. The second-order valence-electron chi connectivity index (χ2n) is 18.0. The number of esters is 2. The summed E-state index contributed by atoms with van der Waals surface area (Å²) >= 11 is 3.78. The number of aromatic nitrogens is 3. The van der Waals surface area contributed by atoms with Crippen LogP contribution in [0.5, 0.6) is 11.5 Å². The van der Waals surface area contributed by atoms with E-state index in [1.165, 1.54) is 8.61 Å². The molecule has 1 atom stereocenters. The highest BCUT2D eigenvalue weighted by molar-refractivity contribution is 9.08. The number of hydrogen-bond donors (Lipinski definition) is 2. The molecule has 0 bridgehead atoms. The van der Waals surface area contributed by atoms with E-state index in [2.05, 4.69) is 55.4 Å². The Hall–Kier alpha value is -5.46. The van der Waals surface area contributed by atoms with Gasteiger partial charge in [0.25, 0.3) is 10.2 Å². The van der Waals surface area contributed by atoms with Crippen LogP contribution in [0.4, 0.5) is 5.69 Å². The molecule has 0 radical (unpaired) electrons. The molecule has 68 heavy (non-hydrogen) atoms. The highest BCUT2D eigenvalue weighted by Crippen LogP contribution is 2.40. The fourth-order valence-electron chi connectivity index (χ4n) is 8.90. The summed E-state index contributed by atoms with van der Waals surface area (Å²) in [6.07, 6.45) is 1.74. The van der Waals surface area contributed by atoms with Crippen molar-refractivity contribution in [2.45, 2.75) is 70.4 Å². The maximum atomic E-state index is 13.7. The highest BCUT2D eigenvalue weighted by atomic mass is 79.9. The summed E-state index contributed by atoms with van der Waals surface area (Å²) in [6.45, 7) is 10.6. The molecule has 1 fully saturated rings. The average Bonchev–Trinajstić information content (AvgIpc) is 3.85. The van der Waals surface area contributed by atoms with Gasteiger partial charge in [0.15, 0.2) is 0 Å². The molecule has 6 aromatic rings. The molecule has 1 saturated heterocycles. The smallest absolute Gasteiger partial charge is 0.355 e. The number of H-pyrrole nitrogens is 1. The molecule has 0 spiro atoms. The number of aryl methyl sites for hydroxylation is 2. The summed E-state index contributed by atoms with van der Waals surface area (Å²) in [7, 11) is 1.56. The van der Waals surface area contributed by atoms with Gasteiger partial charge in [-0.1, -0.05) is 64.5 Å². The van der Waals surface area contributed by atoms with Gasteiger partial charge < -0.3 is 34.1 Å². The van der Waals surface area contributed by atoms with Gasteiger partial charge in [-0.3, -0.25) is 9.48 Å². The third-order valence-corrected chi connectivity index (χ3v) is 14.5. The van der Waals surface area contributed by atoms with Crippen molar-refractivity contribution in [2.75, 3.05) is 71.5 Å². The minimum Gasteiger partial charge on any atom is -0.493 e. The minimum atomic E-state index is -3.47. The summed E-state index contributed by atoms with van der Waals surface area (Å²) in [5.74, 6) is 0.451. The fraction of sp³-hybridized carbons (Fsp3) is 0.431. The molecule has 2 N–H and O–H groups in total. The lowest BCUT2D eigenvalue weighted by Gasteiger charge is -2.36. The van der Waals surface area contributed by atoms with Crippen LogP contribution in [0.1, 0.15) is 85.0 Å². The summed E-state index contributed by atoms with van der Waals surface area (Å²) in [5.41, 5.74) is 6.16. The van der Waals surface area contributed by atoms with E-state index in [-0.39, 0.29) is 31.6 Å². The predicted octanol–water partition coefficient (Wildman–Crippen LogP) is 8.10. The number of halogens is 1. The van der Waals surface area contributed by atoms with Gasteiger partial charge in [-0.25, -0.2) is 4.79 Å². The SMILES string of the molecule is CCOC(=O)c1[nH]c2cccc(C(CCNCC(=O)OC(C)(C)C)c3c(COc4ccc(N5CCN(S(=O)(=O)N(C)C)CC5)cc4)nn(C)c3CBr)c2c1CCCOc1cccc2ccccc12. The van der Waals surface area contributed by atoms with E-state index < -0.39 is 21.8 Å². The number of fused-ring (bicyclic) bond motifs is 2. The van der Waals surface area contributed by atoms with E-state index in [1.807, 2.05) is 93.2 Å². The molecule has 1 aliphatic heterocycles. The number of carbonyl (C=O) groups excluding carboxylic acids is 2. The number of piperazine rings is 1. The number of ether oxygens (including phenoxy) is 4. The zero-order chi connectivity index (χ0) is 48.6. The topological polar surface area (TPSA) is 161 Å². The predicted molar refractivity (Wildman–Crippen MR) is 270 cm³/mol. The molecule has 1 aliphatic rings. The Balaban J connectivity index is 1.19. The van der Waals surface area contributed by atoms with E-state index in [0.29, 0.717) is 75.4 Å². The standard InChI is InChI=1S/C51H64BrN7O8S/c1-8-64-50(61)49-41(18-13-31-65-45-20-11-15-35-14-9-10-16-38(35)45)47-39(17-12-19-42(47)54-49)40(25-26-53-33-46(60)67-51(2,3)4)48-43(55-57(7)44(48)32-52)34-66-37-23-21-36(22-24-37)58-27-29-59(30-28-58)68(62,63)56(5)6/h9-12,14-17,19-24,40,53-54H,8,13,18,25-34H2,1-7H3. The van der Waals surface area contributed by atoms with Crippen molar-refractivity contribution in [3.8, 4) is 11.5 Å². The first-order chi connectivity index (χ1) is 32.6. The lowest BCUT2D eigenvalue weighted by atomic mass is 9.83. The van der Waals surface area contributed by atoms with Crippen molar-refractivity contribution < 1.29 is 37.0 Å². The van der Waals surface area contributed by atoms with Gasteiger partial charge in [0.05, 0.1) is 25.5 Å². The molecule has 1 unspecified atom stereocenters. The Kier molecular flexibility index (Phi) is 16.5. The van der Waals surface area contributed by atoms with Gasteiger partial charge in [0, 0.05) is 86.1 Å². The molecule has 17 heteroatoms. The molecular weight excluding hydrogens is 951 g/mol. The summed E-state index contributed by atoms with van der Waals surface area (Å²) in [4.78, 5) is 32.1. The summed E-state index contributed by atoms with van der Waals surface area (Å²) in [5, 5.41) is 12.0. The molecule has 4 aromatic carbocycles. The normalized spacial score (nSPS) is 14.2. The van der Waals surface area contributed by atoms with Crippen LogP contribution in [0.25, 0.3) is 21.7 Å². The van der Waals surface area contributed by atoms with Crippen LogP contribution in [-0.2, 0) is 49.9 Å². The van der Waals surface area contributed by atoms with Crippen LogP contribution in [0.3, 0.4) is 0 Å². The maximum absolute atomic E-state index is 13.7. The third-order valence-electron chi connectivity index (χ3n) is 12.1. The first kappa shape index (κ1) is 50.4. The number of hydrogen-bond acceptors (Lipinski definition) is 11. The second kappa shape index (κ2) is 22.3. The molecule has 7 rings (SSSR count). The van der Waals surface area contributed by atoms with Gasteiger partial charge in [-0.15, -0.1) is 0 Å². The Morgan fingerprint density at radius 3 is 2.37 bits per heavy atom. The first-order valence-corrected chi connectivity index (χ1v) is 25.7. The van der Waals surface area contributed by atoms with E-state index in [0.717, 1.165) is 61.2 Å². The Labute approximate surface area is 408 Å². The zero-order valence-corrected chi connectivity index (χ0v) is 42.5. The second-order valence-corrected chi connectivity index (χ2v) is 20.7. The van der Waals surface area contributed by atoms with Crippen LogP contribution in [0.15, 0.2) is 84.9 Å². The monoisotopic (exact) mass is 1010 g/mol. The first-order valence-electron chi connectivity index (χ1n) is 23.2. The van der Waals surface area contributed by atoms with Crippen LogP contribution in [0, 0.1) is 0 Å². The van der Waals surface area contributed by atoms with Gasteiger partial charge >= 0.3 is 11.9 Å². The Bertz CT molecular complexity index is 2790. The van der Waals surface area contributed by atoms with Gasteiger partial charge in [0.2, 0.25) is 0 Å². The number of rotatable bonds is 21. The molecule has 15 nitrogen and oxygen atoms in total. The Morgan fingerprint density at radius 1 is 0.941 bits per heavy atom. The third kappa shape index (κ3) is 11.9. The molecule has 0 saturated carbocycles. The average molecular weight is 1020 g/mol. The minimum absolute atomic E-state index is 0.0441. The van der Waals surface area contributed by atoms with Crippen molar-refractivity contribution in [3.05, 3.63) is 119 Å². The highest BCUT2D eigenvalue weighted by Gasteiger charge is 2.31. The van der Waals surface area contributed by atoms with Crippen LogP contribution < -0.4 is 19.7 Å². The lowest BCUT2D eigenvalue weighted by Crippen LogP contribution is -2.51. The van der Waals surface area contributed by atoms with Crippen molar-refractivity contribution in [1.29, 1.82) is 0 Å². The van der Waals surface area contributed by atoms with Gasteiger partial charge in [-0.2, -0.15) is 22.1 Å². The number of alkyl halides is 1. The summed E-state index contributed by atoms with van der Waals surface area (Å²) in [6, 6.07) is 28.1. The molecule has 364 valence electrons. The van der Waals surface area contributed by atoms with Gasteiger partial charge in [0.1, 0.15) is 35.1 Å². The number of nitrogens with one attached hydrogen (secondary N) is 2. The van der Waals surface area contributed by atoms with Crippen LogP contribution in [-0.4, -0.2) is 116 Å². The molecule has 2 aromatic heterocycles. The van der Waals surface area contributed by atoms with Crippen molar-refractivity contribution in [2.24, 2.45) is 7.05 Å². The Morgan fingerprint density at radius 2 is 1.66 bits per heavy atom. The zero-order valence-electron chi connectivity index (χ0n) is 40.1. The van der Waals surface area contributed by atoms with Crippen LogP contribution >= 0.6 is 15.9 Å². The van der Waals surface area contributed by atoms with E-state index in [9.17, 15) is 18.0 Å². The van der Waals surface area contributed by atoms with E-state index in [4.69, 9.17) is 24.0 Å².